The monoisotopic (exact) mass is 425 g/mol. The van der Waals surface area contributed by atoms with Gasteiger partial charge in [0.1, 0.15) is 0 Å². The van der Waals surface area contributed by atoms with Crippen molar-refractivity contribution in [3.8, 4) is 5.69 Å². The van der Waals surface area contributed by atoms with E-state index >= 15 is 0 Å². The molecule has 0 saturated heterocycles. The number of H-pyrrole nitrogens is 1. The zero-order valence-corrected chi connectivity index (χ0v) is 16.9. The predicted octanol–water partition coefficient (Wildman–Crippen LogP) is 3.37. The summed E-state index contributed by atoms with van der Waals surface area (Å²) in [5.74, 6) is -0.258. The molecule has 0 bridgehead atoms. The molecule has 1 amide bonds. The Hall–Kier alpha value is -3.23. The number of aromatic amines is 1. The number of benzene rings is 2. The number of nitrogens with zero attached hydrogens (tertiary/aromatic N) is 3. The third kappa shape index (κ3) is 3.85. The van der Waals surface area contributed by atoms with E-state index in [0.717, 1.165) is 11.3 Å². The number of nitrogens with one attached hydrogen (secondary N) is 2. The highest BCUT2D eigenvalue weighted by Gasteiger charge is 2.10. The number of halogens is 1. The lowest BCUT2D eigenvalue weighted by Gasteiger charge is -2.06. The van der Waals surface area contributed by atoms with E-state index in [2.05, 4.69) is 15.4 Å². The molecule has 0 radical (unpaired) electrons. The average Bonchev–Trinajstić information content (AvgIpc) is 3.19. The number of carbonyl (C=O) groups excluding carboxylic acids is 1. The van der Waals surface area contributed by atoms with Crippen molar-refractivity contribution in [3.05, 3.63) is 86.1 Å². The molecule has 4 rings (SSSR count). The van der Waals surface area contributed by atoms with Crippen LogP contribution in [0.1, 0.15) is 15.9 Å². The maximum absolute atomic E-state index is 12.5. The molecule has 2 aromatic heterocycles. The molecule has 7 nitrogen and oxygen atoms in total. The molecule has 0 unspecified atom stereocenters. The third-order valence-electron chi connectivity index (χ3n) is 4.54. The average molecular weight is 426 g/mol. The summed E-state index contributed by atoms with van der Waals surface area (Å²) in [6.45, 7) is 0.316. The fourth-order valence-electron chi connectivity index (χ4n) is 2.92. The highest BCUT2D eigenvalue weighted by Crippen LogP contribution is 2.14. The van der Waals surface area contributed by atoms with Crippen molar-refractivity contribution in [2.24, 2.45) is 7.05 Å². The van der Waals surface area contributed by atoms with Crippen LogP contribution in [0.4, 0.5) is 0 Å². The van der Waals surface area contributed by atoms with Crippen LogP contribution in [0.25, 0.3) is 16.6 Å². The number of aromatic nitrogens is 4. The predicted molar refractivity (Wildman–Crippen MR) is 114 cm³/mol. The van der Waals surface area contributed by atoms with Gasteiger partial charge in [0, 0.05) is 35.9 Å². The van der Waals surface area contributed by atoms with Gasteiger partial charge in [-0.05, 0) is 54.7 Å². The number of amides is 1. The van der Waals surface area contributed by atoms with Crippen LogP contribution in [0, 0.1) is 4.77 Å². The highest BCUT2D eigenvalue weighted by atomic mass is 35.5. The quantitative estimate of drug-likeness (QED) is 0.491. The summed E-state index contributed by atoms with van der Waals surface area (Å²) < 4.78 is 3.37. The highest BCUT2D eigenvalue weighted by molar-refractivity contribution is 7.71. The van der Waals surface area contributed by atoms with Gasteiger partial charge in [-0.15, -0.1) is 0 Å². The van der Waals surface area contributed by atoms with Crippen molar-refractivity contribution in [2.75, 3.05) is 0 Å². The van der Waals surface area contributed by atoms with Crippen molar-refractivity contribution < 1.29 is 4.79 Å². The second-order valence-electron chi connectivity index (χ2n) is 6.51. The first-order valence-corrected chi connectivity index (χ1v) is 9.52. The van der Waals surface area contributed by atoms with E-state index in [1.807, 2.05) is 18.3 Å². The van der Waals surface area contributed by atoms with Crippen LogP contribution in [-0.4, -0.2) is 25.2 Å². The summed E-state index contributed by atoms with van der Waals surface area (Å²) in [7, 11) is 1.60. The van der Waals surface area contributed by atoms with Gasteiger partial charge in [0.2, 0.25) is 0 Å². The van der Waals surface area contributed by atoms with E-state index in [1.165, 1.54) is 4.57 Å². The molecule has 2 aromatic carbocycles. The first-order valence-electron chi connectivity index (χ1n) is 8.73. The van der Waals surface area contributed by atoms with E-state index in [1.54, 1.807) is 48.3 Å². The maximum Gasteiger partial charge on any atom is 0.261 e. The lowest BCUT2D eigenvalue weighted by atomic mass is 10.1. The smallest absolute Gasteiger partial charge is 0.261 e. The van der Waals surface area contributed by atoms with Gasteiger partial charge < -0.3 is 10.3 Å². The van der Waals surface area contributed by atoms with E-state index in [-0.39, 0.29) is 11.5 Å². The summed E-state index contributed by atoms with van der Waals surface area (Å²) in [6, 6.07) is 12.2. The lowest BCUT2D eigenvalue weighted by molar-refractivity contribution is 0.0951. The third-order valence-corrected chi connectivity index (χ3v) is 5.17. The fraction of sp³-hybridized carbons (Fsp3) is 0.100. The van der Waals surface area contributed by atoms with E-state index in [0.29, 0.717) is 32.8 Å². The molecule has 0 fully saturated rings. The van der Waals surface area contributed by atoms with Crippen molar-refractivity contribution in [1.29, 1.82) is 0 Å². The minimum atomic E-state index is -0.258. The van der Waals surface area contributed by atoms with Crippen molar-refractivity contribution in [2.45, 2.75) is 6.54 Å². The molecule has 146 valence electrons. The first kappa shape index (κ1) is 19.1. The molecule has 0 aliphatic carbocycles. The maximum atomic E-state index is 12.5. The van der Waals surface area contributed by atoms with Crippen LogP contribution in [0.2, 0.25) is 5.02 Å². The Morgan fingerprint density at radius 3 is 2.76 bits per heavy atom. The molecule has 0 spiro atoms. The first-order chi connectivity index (χ1) is 13.9. The molecular formula is C20H16ClN5O2S. The minimum Gasteiger partial charge on any atom is -0.348 e. The van der Waals surface area contributed by atoms with Gasteiger partial charge in [-0.3, -0.25) is 14.2 Å². The molecule has 2 N–H and O–H groups in total. The summed E-state index contributed by atoms with van der Waals surface area (Å²) in [5, 5.41) is 8.29. The standard InChI is InChI=1S/C20H16ClN5O2S/c1-25-19(28)16-7-2-13(8-17(16)24-20(25)29)18(27)22-9-12-10-23-26(11-12)15-5-3-14(21)4-6-15/h2-8,10-11H,9H2,1H3,(H,22,27)(H,24,29). The molecule has 29 heavy (non-hydrogen) atoms. The van der Waals surface area contributed by atoms with Crippen LogP contribution in [-0.2, 0) is 13.6 Å². The van der Waals surface area contributed by atoms with Crippen molar-refractivity contribution >= 4 is 40.6 Å². The second kappa shape index (κ2) is 7.65. The van der Waals surface area contributed by atoms with Gasteiger partial charge in [-0.25, -0.2) is 4.68 Å². The topological polar surface area (TPSA) is 84.7 Å². The molecule has 0 saturated carbocycles. The number of carbonyl (C=O) groups is 1. The van der Waals surface area contributed by atoms with E-state index < -0.39 is 0 Å². The van der Waals surface area contributed by atoms with Crippen molar-refractivity contribution in [1.82, 2.24) is 24.6 Å². The Labute approximate surface area is 175 Å². The number of fused-ring (bicyclic) bond motifs is 1. The molecule has 4 aromatic rings. The van der Waals surface area contributed by atoms with Gasteiger partial charge in [0.25, 0.3) is 11.5 Å². The fourth-order valence-corrected chi connectivity index (χ4v) is 3.24. The second-order valence-corrected chi connectivity index (χ2v) is 7.33. The Morgan fingerprint density at radius 2 is 2.00 bits per heavy atom. The van der Waals surface area contributed by atoms with Gasteiger partial charge in [0.15, 0.2) is 4.77 Å². The molecule has 9 heteroatoms. The van der Waals surface area contributed by atoms with Gasteiger partial charge in [0.05, 0.1) is 22.8 Å². The van der Waals surface area contributed by atoms with Gasteiger partial charge in [-0.2, -0.15) is 5.10 Å². The lowest BCUT2D eigenvalue weighted by Crippen LogP contribution is -2.23. The Bertz CT molecular complexity index is 1340. The van der Waals surface area contributed by atoms with Gasteiger partial charge >= 0.3 is 0 Å². The number of rotatable bonds is 4. The molecular weight excluding hydrogens is 410 g/mol. The normalized spacial score (nSPS) is 11.0. The van der Waals surface area contributed by atoms with Crippen LogP contribution in [0.15, 0.2) is 59.7 Å². The zero-order valence-electron chi connectivity index (χ0n) is 15.3. The van der Waals surface area contributed by atoms with Crippen LogP contribution >= 0.6 is 23.8 Å². The Morgan fingerprint density at radius 1 is 1.24 bits per heavy atom. The minimum absolute atomic E-state index is 0.203. The molecule has 0 aliphatic rings. The van der Waals surface area contributed by atoms with E-state index in [9.17, 15) is 9.59 Å². The number of hydrogen-bond donors (Lipinski definition) is 2. The van der Waals surface area contributed by atoms with Crippen LogP contribution in [0.5, 0.6) is 0 Å². The van der Waals surface area contributed by atoms with Crippen LogP contribution in [0.3, 0.4) is 0 Å². The zero-order chi connectivity index (χ0) is 20.5. The van der Waals surface area contributed by atoms with Crippen LogP contribution < -0.4 is 10.9 Å². The number of hydrogen-bond acceptors (Lipinski definition) is 4. The van der Waals surface area contributed by atoms with E-state index in [4.69, 9.17) is 23.8 Å². The summed E-state index contributed by atoms with van der Waals surface area (Å²) in [6.07, 6.45) is 3.53. The van der Waals surface area contributed by atoms with Crippen molar-refractivity contribution in [3.63, 3.8) is 0 Å². The SMILES string of the molecule is Cn1c(=S)[nH]c2cc(C(=O)NCc3cnn(-c4ccc(Cl)cc4)c3)ccc2c1=O. The molecule has 2 heterocycles. The summed E-state index contributed by atoms with van der Waals surface area (Å²) >= 11 is 11.0. The summed E-state index contributed by atoms with van der Waals surface area (Å²) in [4.78, 5) is 27.7. The van der Waals surface area contributed by atoms with Gasteiger partial charge in [-0.1, -0.05) is 11.6 Å². The largest absolute Gasteiger partial charge is 0.348 e. The summed E-state index contributed by atoms with van der Waals surface area (Å²) in [5.41, 5.74) is 2.48. The molecule has 0 aliphatic heterocycles. The Kier molecular flexibility index (Phi) is 5.04. The molecule has 0 atom stereocenters. The Balaban J connectivity index is 1.50.